The Labute approximate surface area is 130 Å². The summed E-state index contributed by atoms with van der Waals surface area (Å²) in [5.41, 5.74) is 0.339. The fourth-order valence-corrected chi connectivity index (χ4v) is 2.94. The Bertz CT molecular complexity index is 691. The highest BCUT2D eigenvalue weighted by atomic mass is 32.2. The Morgan fingerprint density at radius 1 is 1.35 bits per heavy atom. The maximum absolute atomic E-state index is 12.5. The van der Waals surface area contributed by atoms with Gasteiger partial charge in [0.05, 0.1) is 17.4 Å². The van der Waals surface area contributed by atoms with Gasteiger partial charge in [0.2, 0.25) is 5.91 Å². The molecule has 0 radical (unpaired) electrons. The zero-order chi connectivity index (χ0) is 17.3. The number of benzene rings is 1. The molecule has 23 heavy (non-hydrogen) atoms. The normalized spacial score (nSPS) is 22.6. The summed E-state index contributed by atoms with van der Waals surface area (Å²) in [6.45, 7) is 0.539. The number of anilines is 1. The molecular weight excluding hydrogens is 337 g/mol. The minimum atomic E-state index is -5.47. The Morgan fingerprint density at radius 3 is 2.65 bits per heavy atom. The van der Waals surface area contributed by atoms with Crippen LogP contribution in [0.15, 0.2) is 29.2 Å². The van der Waals surface area contributed by atoms with Crippen LogP contribution in [0.5, 0.6) is 0 Å². The summed E-state index contributed by atoms with van der Waals surface area (Å²) in [7, 11) is -5.47. The molecule has 2 rings (SSSR count). The number of nitrogens with two attached hydrogens (primary N) is 1. The summed E-state index contributed by atoms with van der Waals surface area (Å²) in [4.78, 5) is 11.2. The molecule has 1 aromatic rings. The van der Waals surface area contributed by atoms with E-state index in [0.29, 0.717) is 13.0 Å². The number of hydrogen-bond donors (Lipinski definition) is 2. The van der Waals surface area contributed by atoms with Gasteiger partial charge in [0.15, 0.2) is 0 Å². The van der Waals surface area contributed by atoms with Crippen molar-refractivity contribution >= 4 is 21.4 Å². The first-order valence-electron chi connectivity index (χ1n) is 6.68. The van der Waals surface area contributed by atoms with Gasteiger partial charge in [-0.15, -0.1) is 0 Å². The van der Waals surface area contributed by atoms with Crippen LogP contribution in [0.25, 0.3) is 0 Å². The lowest BCUT2D eigenvalue weighted by Crippen LogP contribution is -2.45. The number of amides is 1. The first-order chi connectivity index (χ1) is 10.6. The van der Waals surface area contributed by atoms with Gasteiger partial charge in [-0.1, -0.05) is 6.07 Å². The van der Waals surface area contributed by atoms with E-state index in [1.54, 1.807) is 0 Å². The van der Waals surface area contributed by atoms with Crippen LogP contribution in [0.2, 0.25) is 0 Å². The van der Waals surface area contributed by atoms with Gasteiger partial charge in [-0.05, 0) is 24.6 Å². The van der Waals surface area contributed by atoms with E-state index in [1.807, 2.05) is 0 Å². The van der Waals surface area contributed by atoms with Crippen molar-refractivity contribution in [2.45, 2.75) is 22.9 Å². The fourth-order valence-electron chi connectivity index (χ4n) is 2.13. The van der Waals surface area contributed by atoms with Crippen molar-refractivity contribution in [3.63, 3.8) is 0 Å². The number of carbonyl (C=O) groups excluding carboxylic acids is 1. The number of nitrogens with one attached hydrogen (secondary N) is 1. The number of hydrogen-bond acceptors (Lipinski definition) is 5. The van der Waals surface area contributed by atoms with E-state index in [9.17, 15) is 26.4 Å². The average molecular weight is 352 g/mol. The maximum atomic E-state index is 12.5. The zero-order valence-corrected chi connectivity index (χ0v) is 12.7. The van der Waals surface area contributed by atoms with Crippen LogP contribution in [0.1, 0.15) is 6.42 Å². The van der Waals surface area contributed by atoms with Crippen LogP contribution >= 0.6 is 0 Å². The van der Waals surface area contributed by atoms with Crippen molar-refractivity contribution in [3.05, 3.63) is 24.3 Å². The summed E-state index contributed by atoms with van der Waals surface area (Å²) in [6, 6.07) is 3.56. The third kappa shape index (κ3) is 3.82. The van der Waals surface area contributed by atoms with E-state index >= 15 is 0 Å². The molecular formula is C13H15F3N2O4S. The standard InChI is InChI=1S/C13H15F3N2O4S/c14-13(15,16)23(20,21)9-3-1-2-8(6-9)18-12(19)10-7-22-5-4-11(10)17/h1-3,6,10-11H,4-5,7,17H2,(H,18,19)/t10-,11+/m0/s1. The molecule has 1 amide bonds. The molecule has 128 valence electrons. The smallest absolute Gasteiger partial charge is 0.381 e. The number of halogens is 3. The SMILES string of the molecule is N[C@@H]1CCOC[C@@H]1C(=O)Nc1cccc(S(=O)(=O)C(F)(F)F)c1. The van der Waals surface area contributed by atoms with Crippen LogP contribution in [0.3, 0.4) is 0 Å². The second-order valence-corrected chi connectivity index (χ2v) is 7.04. The molecule has 0 saturated carbocycles. The molecule has 1 saturated heterocycles. The topological polar surface area (TPSA) is 98.5 Å². The van der Waals surface area contributed by atoms with E-state index in [4.69, 9.17) is 10.5 Å². The molecule has 0 aromatic heterocycles. The highest BCUT2D eigenvalue weighted by molar-refractivity contribution is 7.92. The van der Waals surface area contributed by atoms with Crippen molar-refractivity contribution in [1.82, 2.24) is 0 Å². The van der Waals surface area contributed by atoms with Crippen molar-refractivity contribution in [2.75, 3.05) is 18.5 Å². The lowest BCUT2D eigenvalue weighted by atomic mass is 9.96. The highest BCUT2D eigenvalue weighted by Crippen LogP contribution is 2.31. The first kappa shape index (κ1) is 17.7. The Kier molecular flexibility index (Phi) is 4.97. The molecule has 1 heterocycles. The summed E-state index contributed by atoms with van der Waals surface area (Å²) >= 11 is 0. The third-order valence-electron chi connectivity index (χ3n) is 3.46. The molecule has 3 N–H and O–H groups in total. The Balaban J connectivity index is 2.19. The van der Waals surface area contributed by atoms with Gasteiger partial charge >= 0.3 is 5.51 Å². The van der Waals surface area contributed by atoms with Crippen LogP contribution in [-0.2, 0) is 19.4 Å². The first-order valence-corrected chi connectivity index (χ1v) is 8.17. The van der Waals surface area contributed by atoms with E-state index < -0.39 is 38.1 Å². The average Bonchev–Trinajstić information content (AvgIpc) is 2.46. The third-order valence-corrected chi connectivity index (χ3v) is 4.95. The summed E-state index contributed by atoms with van der Waals surface area (Å²) in [5, 5.41) is 2.38. The summed E-state index contributed by atoms with van der Waals surface area (Å²) in [6.07, 6.45) is 0.487. The monoisotopic (exact) mass is 352 g/mol. The molecule has 1 aliphatic heterocycles. The molecule has 1 aliphatic rings. The largest absolute Gasteiger partial charge is 0.501 e. The number of alkyl halides is 3. The van der Waals surface area contributed by atoms with E-state index in [-0.39, 0.29) is 12.3 Å². The van der Waals surface area contributed by atoms with Gasteiger partial charge in [-0.25, -0.2) is 8.42 Å². The van der Waals surface area contributed by atoms with E-state index in [0.717, 1.165) is 18.2 Å². The maximum Gasteiger partial charge on any atom is 0.501 e. The van der Waals surface area contributed by atoms with E-state index in [2.05, 4.69) is 5.32 Å². The minimum absolute atomic E-state index is 0.0573. The number of carbonyl (C=O) groups is 1. The molecule has 0 bridgehead atoms. The van der Waals surface area contributed by atoms with Crippen molar-refractivity contribution in [2.24, 2.45) is 11.7 Å². The quantitative estimate of drug-likeness (QED) is 0.854. The molecule has 6 nitrogen and oxygen atoms in total. The van der Waals surface area contributed by atoms with Gasteiger partial charge in [0, 0.05) is 18.3 Å². The predicted octanol–water partition coefficient (Wildman–Crippen LogP) is 1.28. The molecule has 0 unspecified atom stereocenters. The summed E-state index contributed by atoms with van der Waals surface area (Å²) in [5.74, 6) is -1.18. The lowest BCUT2D eigenvalue weighted by Gasteiger charge is -2.27. The van der Waals surface area contributed by atoms with Crippen LogP contribution in [0, 0.1) is 5.92 Å². The van der Waals surface area contributed by atoms with Crippen molar-refractivity contribution < 1.29 is 31.1 Å². The molecule has 1 fully saturated rings. The van der Waals surface area contributed by atoms with Gasteiger partial charge in [-0.2, -0.15) is 13.2 Å². The van der Waals surface area contributed by atoms with Crippen LogP contribution in [0.4, 0.5) is 18.9 Å². The van der Waals surface area contributed by atoms with Gasteiger partial charge in [0.1, 0.15) is 0 Å². The molecule has 0 spiro atoms. The fraction of sp³-hybridized carbons (Fsp3) is 0.462. The van der Waals surface area contributed by atoms with Crippen molar-refractivity contribution in [3.8, 4) is 0 Å². The Morgan fingerprint density at radius 2 is 2.04 bits per heavy atom. The molecule has 0 aliphatic carbocycles. The number of ether oxygens (including phenoxy) is 1. The second-order valence-electron chi connectivity index (χ2n) is 5.10. The molecule has 2 atom stereocenters. The van der Waals surface area contributed by atoms with E-state index in [1.165, 1.54) is 6.07 Å². The minimum Gasteiger partial charge on any atom is -0.381 e. The summed E-state index contributed by atoms with van der Waals surface area (Å²) < 4.78 is 65.5. The molecule has 10 heteroatoms. The van der Waals surface area contributed by atoms with Gasteiger partial charge in [0.25, 0.3) is 9.84 Å². The number of sulfone groups is 1. The van der Waals surface area contributed by atoms with Gasteiger partial charge < -0.3 is 15.8 Å². The molecule has 1 aromatic carbocycles. The highest BCUT2D eigenvalue weighted by Gasteiger charge is 2.46. The predicted molar refractivity (Wildman–Crippen MR) is 75.2 cm³/mol. The van der Waals surface area contributed by atoms with Gasteiger partial charge in [-0.3, -0.25) is 4.79 Å². The second kappa shape index (κ2) is 6.46. The zero-order valence-electron chi connectivity index (χ0n) is 11.8. The van der Waals surface area contributed by atoms with Crippen LogP contribution in [-0.4, -0.2) is 39.1 Å². The van der Waals surface area contributed by atoms with Crippen molar-refractivity contribution in [1.29, 1.82) is 0 Å². The Hall–Kier alpha value is -1.65. The van der Waals surface area contributed by atoms with Crippen LogP contribution < -0.4 is 11.1 Å². The lowest BCUT2D eigenvalue weighted by molar-refractivity contribution is -0.124. The number of rotatable bonds is 3.